The van der Waals surface area contributed by atoms with Gasteiger partial charge in [0.15, 0.2) is 0 Å². The van der Waals surface area contributed by atoms with Crippen LogP contribution in [0, 0.1) is 0 Å². The van der Waals surface area contributed by atoms with Gasteiger partial charge in [0.2, 0.25) is 0 Å². The lowest BCUT2D eigenvalue weighted by Gasteiger charge is -2.18. The molecule has 0 aliphatic heterocycles. The van der Waals surface area contributed by atoms with E-state index in [-0.39, 0.29) is 41.3 Å². The third kappa shape index (κ3) is 5.50. The normalized spacial score (nSPS) is 11.9. The van der Waals surface area contributed by atoms with Crippen LogP contribution in [0.4, 0.5) is 11.4 Å². The van der Waals surface area contributed by atoms with Crippen LogP contribution in [-0.4, -0.2) is 16.8 Å². The zero-order valence-electron chi connectivity index (χ0n) is 15.3. The van der Waals surface area contributed by atoms with E-state index in [9.17, 15) is 16.8 Å². The molecule has 2 N–H and O–H groups in total. The van der Waals surface area contributed by atoms with Crippen LogP contribution in [0.2, 0.25) is 20.1 Å². The molecule has 0 heterocycles. The number of rotatable bonds is 6. The summed E-state index contributed by atoms with van der Waals surface area (Å²) >= 11 is 31.4. The smallest absolute Gasteiger partial charge is 0.261 e. The van der Waals surface area contributed by atoms with E-state index in [1.807, 2.05) is 0 Å². The number of benzene rings is 3. The summed E-state index contributed by atoms with van der Waals surface area (Å²) in [7, 11) is -8.21. The predicted molar refractivity (Wildman–Crippen MR) is 136 cm³/mol. The summed E-state index contributed by atoms with van der Waals surface area (Å²) in [6.45, 7) is 0. The Morgan fingerprint density at radius 3 is 1.03 bits per heavy atom. The highest BCUT2D eigenvalue weighted by atomic mass is 79.9. The molecule has 0 aliphatic rings. The van der Waals surface area contributed by atoms with Crippen molar-refractivity contribution in [1.82, 2.24) is 0 Å². The van der Waals surface area contributed by atoms with Crippen LogP contribution in [0.5, 0.6) is 0 Å². The standard InChI is InChI=1S/C18H10Br2Cl4N2O4S2/c19-9-1-5-11(6-2-9)31(27,28)25-17-13(21)15(23)18(16(24)14(17)22)26-32(29,30)12-7-3-10(20)4-8-12/h1-8,25-26H. The SMILES string of the molecule is O=S(=O)(Nc1c(Cl)c(Cl)c(NS(=O)(=O)c2ccc(Br)cc2)c(Cl)c1Cl)c1ccc(Br)cc1. The molecule has 0 radical (unpaired) electrons. The molecule has 0 spiro atoms. The van der Waals surface area contributed by atoms with E-state index >= 15 is 0 Å². The summed E-state index contributed by atoms with van der Waals surface area (Å²) < 4.78 is 56.7. The van der Waals surface area contributed by atoms with Crippen molar-refractivity contribution < 1.29 is 16.8 Å². The monoisotopic (exact) mass is 680 g/mol. The third-order valence-electron chi connectivity index (χ3n) is 3.98. The van der Waals surface area contributed by atoms with Crippen molar-refractivity contribution in [3.63, 3.8) is 0 Å². The highest BCUT2D eigenvalue weighted by molar-refractivity contribution is 9.10. The quantitative estimate of drug-likeness (QED) is 0.265. The molecular formula is C18H10Br2Cl4N2O4S2. The van der Waals surface area contributed by atoms with Crippen LogP contribution in [-0.2, 0) is 20.0 Å². The first-order chi connectivity index (χ1) is 14.8. The Morgan fingerprint density at radius 2 is 0.781 bits per heavy atom. The van der Waals surface area contributed by atoms with Gasteiger partial charge in [-0.05, 0) is 48.5 Å². The van der Waals surface area contributed by atoms with Gasteiger partial charge in [-0.25, -0.2) is 16.8 Å². The second-order valence-corrected chi connectivity index (χ2v) is 12.8. The van der Waals surface area contributed by atoms with Gasteiger partial charge in [-0.2, -0.15) is 0 Å². The van der Waals surface area contributed by atoms with Gasteiger partial charge in [0.05, 0.1) is 41.3 Å². The van der Waals surface area contributed by atoms with Crippen LogP contribution in [0.15, 0.2) is 67.3 Å². The zero-order valence-corrected chi connectivity index (χ0v) is 23.2. The second-order valence-electron chi connectivity index (χ2n) is 6.12. The molecule has 0 saturated carbocycles. The van der Waals surface area contributed by atoms with Crippen molar-refractivity contribution in [2.24, 2.45) is 0 Å². The van der Waals surface area contributed by atoms with Crippen molar-refractivity contribution in [1.29, 1.82) is 0 Å². The summed E-state index contributed by atoms with van der Waals surface area (Å²) in [5.41, 5.74) is -0.587. The minimum absolute atomic E-state index is 0.0694. The lowest BCUT2D eigenvalue weighted by Crippen LogP contribution is -2.16. The van der Waals surface area contributed by atoms with Gasteiger partial charge in [-0.3, -0.25) is 9.44 Å². The van der Waals surface area contributed by atoms with Crippen LogP contribution >= 0.6 is 78.3 Å². The van der Waals surface area contributed by atoms with E-state index in [4.69, 9.17) is 46.4 Å². The van der Waals surface area contributed by atoms with E-state index in [1.54, 1.807) is 0 Å². The Kier molecular flexibility index (Phi) is 7.99. The maximum absolute atomic E-state index is 12.7. The molecule has 0 amide bonds. The molecule has 0 bridgehead atoms. The fourth-order valence-electron chi connectivity index (χ4n) is 2.42. The summed E-state index contributed by atoms with van der Waals surface area (Å²) in [4.78, 5) is -0.139. The van der Waals surface area contributed by atoms with Crippen molar-refractivity contribution in [2.75, 3.05) is 9.44 Å². The van der Waals surface area contributed by atoms with Gasteiger partial charge in [0.25, 0.3) is 20.0 Å². The average Bonchev–Trinajstić information content (AvgIpc) is 2.73. The molecule has 3 rings (SSSR count). The Hall–Kier alpha value is -0.720. The fourth-order valence-corrected chi connectivity index (χ4v) is 6.39. The predicted octanol–water partition coefficient (Wildman–Crippen LogP) is 7.43. The van der Waals surface area contributed by atoms with Crippen molar-refractivity contribution in [3.8, 4) is 0 Å². The lowest BCUT2D eigenvalue weighted by atomic mass is 10.3. The zero-order chi connectivity index (χ0) is 23.8. The number of hydrogen-bond acceptors (Lipinski definition) is 4. The van der Waals surface area contributed by atoms with E-state index in [2.05, 4.69) is 41.3 Å². The molecular weight excluding hydrogens is 674 g/mol. The molecule has 0 aliphatic carbocycles. The van der Waals surface area contributed by atoms with E-state index in [0.29, 0.717) is 8.95 Å². The average molecular weight is 684 g/mol. The minimum Gasteiger partial charge on any atom is -0.276 e. The maximum Gasteiger partial charge on any atom is 0.261 e. The largest absolute Gasteiger partial charge is 0.276 e. The van der Waals surface area contributed by atoms with Gasteiger partial charge >= 0.3 is 0 Å². The summed E-state index contributed by atoms with van der Waals surface area (Å²) in [6, 6.07) is 11.6. The topological polar surface area (TPSA) is 92.3 Å². The highest BCUT2D eigenvalue weighted by Gasteiger charge is 2.27. The number of sulfonamides is 2. The van der Waals surface area contributed by atoms with Crippen LogP contribution in [0.3, 0.4) is 0 Å². The molecule has 32 heavy (non-hydrogen) atoms. The van der Waals surface area contributed by atoms with Crippen LogP contribution in [0.25, 0.3) is 0 Å². The van der Waals surface area contributed by atoms with Crippen molar-refractivity contribution in [2.45, 2.75) is 9.79 Å². The van der Waals surface area contributed by atoms with Gasteiger partial charge < -0.3 is 0 Å². The molecule has 0 fully saturated rings. The lowest BCUT2D eigenvalue weighted by molar-refractivity contribution is 0.599. The molecule has 0 unspecified atom stereocenters. The maximum atomic E-state index is 12.7. The summed E-state index contributed by atoms with van der Waals surface area (Å²) in [5, 5.41) is -1.35. The van der Waals surface area contributed by atoms with E-state index in [1.165, 1.54) is 48.5 Å². The third-order valence-corrected chi connectivity index (χ3v) is 9.48. The van der Waals surface area contributed by atoms with Gasteiger partial charge in [-0.15, -0.1) is 0 Å². The van der Waals surface area contributed by atoms with Gasteiger partial charge in [-0.1, -0.05) is 78.3 Å². The molecule has 3 aromatic carbocycles. The van der Waals surface area contributed by atoms with Crippen LogP contribution in [0.1, 0.15) is 0 Å². The highest BCUT2D eigenvalue weighted by Crippen LogP contribution is 2.48. The molecule has 0 atom stereocenters. The first kappa shape index (κ1) is 25.9. The minimum atomic E-state index is -4.10. The molecule has 170 valence electrons. The Bertz CT molecular complexity index is 1260. The summed E-state index contributed by atoms with van der Waals surface area (Å²) in [5.74, 6) is 0. The first-order valence-electron chi connectivity index (χ1n) is 8.26. The van der Waals surface area contributed by atoms with E-state index in [0.717, 1.165) is 0 Å². The van der Waals surface area contributed by atoms with Crippen molar-refractivity contribution in [3.05, 3.63) is 77.6 Å². The molecule has 14 heteroatoms. The number of halogens is 6. The number of nitrogens with one attached hydrogen (secondary N) is 2. The van der Waals surface area contributed by atoms with Crippen molar-refractivity contribution >= 4 is 110 Å². The van der Waals surface area contributed by atoms with Gasteiger partial charge in [0, 0.05) is 8.95 Å². The Labute approximate surface area is 221 Å². The molecule has 0 saturated heterocycles. The first-order valence-corrected chi connectivity index (χ1v) is 14.3. The second kappa shape index (κ2) is 9.87. The van der Waals surface area contributed by atoms with E-state index < -0.39 is 20.0 Å². The van der Waals surface area contributed by atoms with Crippen LogP contribution < -0.4 is 9.44 Å². The van der Waals surface area contributed by atoms with Gasteiger partial charge in [0.1, 0.15) is 0 Å². The number of hydrogen-bond donors (Lipinski definition) is 2. The molecule has 3 aromatic rings. The summed E-state index contributed by atoms with van der Waals surface area (Å²) in [6.07, 6.45) is 0. The fraction of sp³-hybridized carbons (Fsp3) is 0. The Balaban J connectivity index is 2.03. The molecule has 0 aromatic heterocycles. The number of anilines is 2. The Morgan fingerprint density at radius 1 is 0.531 bits per heavy atom. The molecule has 6 nitrogen and oxygen atoms in total.